The lowest BCUT2D eigenvalue weighted by atomic mass is 10.2. The first-order valence-electron chi connectivity index (χ1n) is 9.88. The number of nitrogens with zero attached hydrogens (tertiary/aromatic N) is 3. The van der Waals surface area contributed by atoms with Crippen molar-refractivity contribution in [2.45, 2.75) is 10.6 Å². The van der Waals surface area contributed by atoms with Crippen molar-refractivity contribution in [2.75, 3.05) is 20.2 Å². The largest absolute Gasteiger partial charge is 0.489 e. The number of pyridine rings is 1. The summed E-state index contributed by atoms with van der Waals surface area (Å²) in [6, 6.07) is 19.7. The number of imidazole rings is 1. The van der Waals surface area contributed by atoms with Gasteiger partial charge in [-0.05, 0) is 48.5 Å². The molecule has 2 aromatic heterocycles. The summed E-state index contributed by atoms with van der Waals surface area (Å²) in [5, 5.41) is 0. The Kier molecular flexibility index (Phi) is 6.52. The highest BCUT2D eigenvalue weighted by atomic mass is 32.2. The van der Waals surface area contributed by atoms with Crippen molar-refractivity contribution >= 4 is 23.3 Å². The van der Waals surface area contributed by atoms with E-state index in [1.807, 2.05) is 59.3 Å². The molecule has 0 N–H and O–H groups in total. The summed E-state index contributed by atoms with van der Waals surface area (Å²) in [6.45, 7) is 0.577. The van der Waals surface area contributed by atoms with Crippen LogP contribution in [0.4, 0.5) is 4.39 Å². The maximum Gasteiger partial charge on any atom is 0.253 e. The normalized spacial score (nSPS) is 10.9. The number of para-hydroxylation sites is 1. The van der Waals surface area contributed by atoms with E-state index < -0.39 is 5.82 Å². The molecule has 5 nitrogen and oxygen atoms in total. The van der Waals surface area contributed by atoms with Crippen LogP contribution in [0.5, 0.6) is 5.75 Å². The molecule has 2 heterocycles. The van der Waals surface area contributed by atoms with E-state index in [2.05, 4.69) is 4.98 Å². The van der Waals surface area contributed by atoms with Gasteiger partial charge in [0.1, 0.15) is 12.3 Å². The Morgan fingerprint density at radius 2 is 1.87 bits per heavy atom. The van der Waals surface area contributed by atoms with Gasteiger partial charge in [0.05, 0.1) is 12.2 Å². The number of halogens is 1. The van der Waals surface area contributed by atoms with Gasteiger partial charge in [0, 0.05) is 35.7 Å². The number of ether oxygens (including phenoxy) is 1. The minimum Gasteiger partial charge on any atom is -0.489 e. The molecule has 4 rings (SSSR count). The predicted octanol–water partition coefficient (Wildman–Crippen LogP) is 4.92. The molecule has 31 heavy (non-hydrogen) atoms. The highest BCUT2D eigenvalue weighted by Gasteiger charge is 2.12. The molecular formula is C24H22FN3O2S. The number of carbonyl (C=O) groups excluding carboxylic acids is 1. The maximum atomic E-state index is 13.6. The third-order valence-corrected chi connectivity index (χ3v) is 5.82. The van der Waals surface area contributed by atoms with Crippen molar-refractivity contribution in [3.8, 4) is 5.75 Å². The van der Waals surface area contributed by atoms with Crippen LogP contribution < -0.4 is 4.74 Å². The molecule has 4 aromatic rings. The second-order valence-electron chi connectivity index (χ2n) is 7.02. The van der Waals surface area contributed by atoms with Crippen LogP contribution in [0.15, 0.2) is 84.0 Å². The summed E-state index contributed by atoms with van der Waals surface area (Å²) < 4.78 is 21.0. The molecule has 0 spiro atoms. The molecular weight excluding hydrogens is 413 g/mol. The van der Waals surface area contributed by atoms with Crippen LogP contribution in [0.25, 0.3) is 5.65 Å². The Bertz CT molecular complexity index is 1140. The Labute approximate surface area is 184 Å². The van der Waals surface area contributed by atoms with Crippen LogP contribution >= 0.6 is 11.8 Å². The molecule has 0 aliphatic heterocycles. The fourth-order valence-electron chi connectivity index (χ4n) is 3.08. The van der Waals surface area contributed by atoms with Gasteiger partial charge < -0.3 is 14.0 Å². The first kappa shape index (κ1) is 20.9. The van der Waals surface area contributed by atoms with Gasteiger partial charge in [-0.25, -0.2) is 9.37 Å². The SMILES string of the molecule is CN(CCOc1ccccc1F)C(=O)c1ccc(SCc2cn3ccccc3n2)cc1. The Hall–Kier alpha value is -3.32. The van der Waals surface area contributed by atoms with E-state index >= 15 is 0 Å². The van der Waals surface area contributed by atoms with Gasteiger partial charge in [-0.15, -0.1) is 11.8 Å². The average molecular weight is 436 g/mol. The molecule has 0 aliphatic carbocycles. The number of benzene rings is 2. The van der Waals surface area contributed by atoms with E-state index in [0.29, 0.717) is 12.1 Å². The van der Waals surface area contributed by atoms with E-state index in [1.165, 1.54) is 6.07 Å². The Balaban J connectivity index is 1.28. The summed E-state index contributed by atoms with van der Waals surface area (Å²) in [7, 11) is 1.71. The third-order valence-electron chi connectivity index (χ3n) is 4.77. The summed E-state index contributed by atoms with van der Waals surface area (Å²) in [5.41, 5.74) is 2.54. The zero-order chi connectivity index (χ0) is 21.6. The van der Waals surface area contributed by atoms with E-state index in [0.717, 1.165) is 22.0 Å². The Morgan fingerprint density at radius 1 is 1.10 bits per heavy atom. The van der Waals surface area contributed by atoms with E-state index in [1.54, 1.807) is 41.9 Å². The molecule has 0 aliphatic rings. The molecule has 7 heteroatoms. The molecule has 1 amide bonds. The molecule has 0 bridgehead atoms. The van der Waals surface area contributed by atoms with Crippen molar-refractivity contribution in [1.29, 1.82) is 0 Å². The van der Waals surface area contributed by atoms with Crippen LogP contribution in [0.3, 0.4) is 0 Å². The molecule has 0 atom stereocenters. The number of hydrogen-bond acceptors (Lipinski definition) is 4. The standard InChI is InChI=1S/C24H22FN3O2S/c1-27(14-15-30-22-7-3-2-6-21(22)25)24(29)18-9-11-20(12-10-18)31-17-19-16-28-13-5-4-8-23(28)26-19/h2-13,16H,14-15,17H2,1H3. The molecule has 0 saturated heterocycles. The monoisotopic (exact) mass is 435 g/mol. The third kappa shape index (κ3) is 5.24. The lowest BCUT2D eigenvalue weighted by molar-refractivity contribution is 0.0773. The number of carbonyl (C=O) groups is 1. The van der Waals surface area contributed by atoms with Crippen molar-refractivity contribution in [3.63, 3.8) is 0 Å². The topological polar surface area (TPSA) is 46.8 Å². The zero-order valence-corrected chi connectivity index (χ0v) is 17.9. The minimum absolute atomic E-state index is 0.103. The van der Waals surface area contributed by atoms with Crippen molar-refractivity contribution in [1.82, 2.24) is 14.3 Å². The molecule has 158 valence electrons. The van der Waals surface area contributed by atoms with E-state index in [-0.39, 0.29) is 18.3 Å². The summed E-state index contributed by atoms with van der Waals surface area (Å²) in [5.74, 6) is 0.431. The number of hydrogen-bond donors (Lipinski definition) is 0. The number of aromatic nitrogens is 2. The molecule has 0 unspecified atom stereocenters. The lowest BCUT2D eigenvalue weighted by Gasteiger charge is -2.18. The number of amides is 1. The zero-order valence-electron chi connectivity index (χ0n) is 17.1. The summed E-state index contributed by atoms with van der Waals surface area (Å²) >= 11 is 1.67. The van der Waals surface area contributed by atoms with Crippen LogP contribution in [0.2, 0.25) is 0 Å². The highest BCUT2D eigenvalue weighted by molar-refractivity contribution is 7.98. The summed E-state index contributed by atoms with van der Waals surface area (Å²) in [4.78, 5) is 19.9. The number of likely N-dealkylation sites (N-methyl/N-ethyl adjacent to an activating group) is 1. The fraction of sp³-hybridized carbons (Fsp3) is 0.167. The van der Waals surface area contributed by atoms with Crippen LogP contribution in [0.1, 0.15) is 16.1 Å². The van der Waals surface area contributed by atoms with Crippen LogP contribution in [0, 0.1) is 5.82 Å². The molecule has 0 fully saturated rings. The van der Waals surface area contributed by atoms with Gasteiger partial charge in [-0.3, -0.25) is 4.79 Å². The second kappa shape index (κ2) is 9.66. The highest BCUT2D eigenvalue weighted by Crippen LogP contribution is 2.23. The van der Waals surface area contributed by atoms with Gasteiger partial charge in [-0.2, -0.15) is 0 Å². The van der Waals surface area contributed by atoms with Crippen LogP contribution in [-0.4, -0.2) is 40.4 Å². The van der Waals surface area contributed by atoms with E-state index in [9.17, 15) is 9.18 Å². The lowest BCUT2D eigenvalue weighted by Crippen LogP contribution is -2.30. The minimum atomic E-state index is -0.409. The van der Waals surface area contributed by atoms with Crippen molar-refractivity contribution in [2.24, 2.45) is 0 Å². The number of fused-ring (bicyclic) bond motifs is 1. The first-order valence-corrected chi connectivity index (χ1v) is 10.9. The van der Waals surface area contributed by atoms with Gasteiger partial charge in [0.25, 0.3) is 5.91 Å². The summed E-state index contributed by atoms with van der Waals surface area (Å²) in [6.07, 6.45) is 4.01. The van der Waals surface area contributed by atoms with E-state index in [4.69, 9.17) is 4.74 Å². The fourth-order valence-corrected chi connectivity index (χ4v) is 3.87. The quantitative estimate of drug-likeness (QED) is 0.369. The maximum absolute atomic E-state index is 13.6. The second-order valence-corrected chi connectivity index (χ2v) is 8.07. The van der Waals surface area contributed by atoms with Gasteiger partial charge >= 0.3 is 0 Å². The average Bonchev–Trinajstić information content (AvgIpc) is 3.22. The first-order chi connectivity index (χ1) is 15.1. The van der Waals surface area contributed by atoms with Gasteiger partial charge in [0.15, 0.2) is 11.6 Å². The molecule has 0 saturated carbocycles. The predicted molar refractivity (Wildman–Crippen MR) is 120 cm³/mol. The molecule has 0 radical (unpaired) electrons. The van der Waals surface area contributed by atoms with Gasteiger partial charge in [-0.1, -0.05) is 18.2 Å². The molecule has 2 aromatic carbocycles. The van der Waals surface area contributed by atoms with Gasteiger partial charge in [0.2, 0.25) is 0 Å². The number of thioether (sulfide) groups is 1. The van der Waals surface area contributed by atoms with Crippen molar-refractivity contribution < 1.29 is 13.9 Å². The van der Waals surface area contributed by atoms with Crippen LogP contribution in [-0.2, 0) is 5.75 Å². The smallest absolute Gasteiger partial charge is 0.253 e. The van der Waals surface area contributed by atoms with Crippen molar-refractivity contribution in [3.05, 3.63) is 96.2 Å². The Morgan fingerprint density at radius 3 is 2.65 bits per heavy atom. The number of rotatable bonds is 8.